The number of aliphatic hydroxyl groups is 1. The molecule has 0 radical (unpaired) electrons. The molecule has 1 aromatic rings. The Morgan fingerprint density at radius 3 is 2.65 bits per heavy atom. The van der Waals surface area contributed by atoms with Crippen molar-refractivity contribution in [2.45, 2.75) is 6.92 Å². The van der Waals surface area contributed by atoms with Gasteiger partial charge < -0.3 is 34.4 Å². The maximum atomic E-state index is 12.6. The van der Waals surface area contributed by atoms with Crippen LogP contribution in [0.25, 0.3) is 0 Å². The minimum absolute atomic E-state index is 0.0678. The fraction of sp³-hybridized carbons (Fsp3) is 0.476. The number of carbonyl (C=O) groups is 3. The number of aryl methyl sites for hydroxylation is 1. The van der Waals surface area contributed by atoms with Crippen molar-refractivity contribution in [3.8, 4) is 5.75 Å². The molecule has 2 aliphatic rings. The molecular weight excluding hydrogens is 406 g/mol. The zero-order valence-corrected chi connectivity index (χ0v) is 17.7. The number of methoxy groups -OCH3 is 1. The van der Waals surface area contributed by atoms with Crippen LogP contribution < -0.4 is 10.1 Å². The summed E-state index contributed by atoms with van der Waals surface area (Å²) in [5.41, 5.74) is 1.71. The van der Waals surface area contributed by atoms with Gasteiger partial charge in [-0.25, -0.2) is 4.79 Å². The number of amides is 2. The van der Waals surface area contributed by atoms with Crippen LogP contribution in [-0.4, -0.2) is 92.4 Å². The molecule has 2 amide bonds. The Morgan fingerprint density at radius 2 is 2.00 bits per heavy atom. The molecule has 31 heavy (non-hydrogen) atoms. The van der Waals surface area contributed by atoms with Gasteiger partial charge in [-0.2, -0.15) is 0 Å². The summed E-state index contributed by atoms with van der Waals surface area (Å²) in [6.07, 6.45) is 0. The predicted molar refractivity (Wildman–Crippen MR) is 110 cm³/mol. The highest BCUT2D eigenvalue weighted by atomic mass is 16.5. The minimum Gasteiger partial charge on any atom is -0.484 e. The van der Waals surface area contributed by atoms with E-state index in [0.29, 0.717) is 37.7 Å². The summed E-state index contributed by atoms with van der Waals surface area (Å²) in [6, 6.07) is 5.15. The zero-order chi connectivity index (χ0) is 22.4. The van der Waals surface area contributed by atoms with Crippen LogP contribution in [0.4, 0.5) is 5.69 Å². The van der Waals surface area contributed by atoms with E-state index in [4.69, 9.17) is 19.3 Å². The lowest BCUT2D eigenvalue weighted by Crippen LogP contribution is -2.42. The molecular formula is C21H27N3O7. The first-order valence-corrected chi connectivity index (χ1v) is 10.0. The van der Waals surface area contributed by atoms with Gasteiger partial charge in [0.1, 0.15) is 11.4 Å². The molecule has 1 saturated heterocycles. The van der Waals surface area contributed by atoms with Crippen molar-refractivity contribution in [1.82, 2.24) is 9.80 Å². The molecule has 0 aliphatic carbocycles. The Hall–Kier alpha value is -3.11. The predicted octanol–water partition coefficient (Wildman–Crippen LogP) is -0.0939. The number of carbonyl (C=O) groups excluding carboxylic acids is 3. The summed E-state index contributed by atoms with van der Waals surface area (Å²) >= 11 is 0. The molecule has 0 atom stereocenters. The van der Waals surface area contributed by atoms with Gasteiger partial charge in [-0.05, 0) is 30.7 Å². The second-order valence-electron chi connectivity index (χ2n) is 7.18. The largest absolute Gasteiger partial charge is 0.484 e. The van der Waals surface area contributed by atoms with Crippen molar-refractivity contribution < 1.29 is 33.7 Å². The van der Waals surface area contributed by atoms with Crippen molar-refractivity contribution in [2.24, 2.45) is 0 Å². The summed E-state index contributed by atoms with van der Waals surface area (Å²) in [5.74, 6) is -0.566. The molecule has 10 nitrogen and oxygen atoms in total. The Labute approximate surface area is 180 Å². The topological polar surface area (TPSA) is 118 Å². The number of esters is 1. The number of hydrogen-bond donors (Lipinski definition) is 2. The second kappa shape index (κ2) is 10.3. The van der Waals surface area contributed by atoms with Crippen molar-refractivity contribution in [2.75, 3.05) is 65.0 Å². The molecule has 0 aromatic heterocycles. The molecule has 0 unspecified atom stereocenters. The van der Waals surface area contributed by atoms with Gasteiger partial charge in [0.25, 0.3) is 11.8 Å². The maximum Gasteiger partial charge on any atom is 0.337 e. The van der Waals surface area contributed by atoms with Crippen LogP contribution in [0.15, 0.2) is 29.5 Å². The smallest absolute Gasteiger partial charge is 0.337 e. The van der Waals surface area contributed by atoms with Gasteiger partial charge in [0, 0.05) is 25.3 Å². The van der Waals surface area contributed by atoms with E-state index >= 15 is 0 Å². The van der Waals surface area contributed by atoms with Crippen molar-refractivity contribution in [1.29, 1.82) is 0 Å². The van der Waals surface area contributed by atoms with E-state index in [1.54, 1.807) is 23.1 Å². The summed E-state index contributed by atoms with van der Waals surface area (Å²) < 4.78 is 15.7. The minimum atomic E-state index is -0.601. The molecule has 2 aliphatic heterocycles. The summed E-state index contributed by atoms with van der Waals surface area (Å²) in [5, 5.41) is 12.2. The van der Waals surface area contributed by atoms with E-state index in [0.717, 1.165) is 5.56 Å². The number of aliphatic hydroxyl groups excluding tert-OH is 1. The average Bonchev–Trinajstić information content (AvgIpc) is 3.09. The van der Waals surface area contributed by atoms with Crippen LogP contribution in [-0.2, 0) is 23.9 Å². The normalized spacial score (nSPS) is 16.5. The molecule has 0 saturated carbocycles. The van der Waals surface area contributed by atoms with E-state index in [9.17, 15) is 14.4 Å². The molecule has 168 valence electrons. The summed E-state index contributed by atoms with van der Waals surface area (Å²) in [6.45, 7) is 3.91. The van der Waals surface area contributed by atoms with Crippen LogP contribution in [0.2, 0.25) is 0 Å². The SMILES string of the molecule is COC(=O)C1=C(Nc2ccc(OCC(=O)N3CCOCC3)cc2C)C(=O)N(CCO)C1. The maximum absolute atomic E-state index is 12.6. The fourth-order valence-electron chi connectivity index (χ4n) is 3.40. The van der Waals surface area contributed by atoms with Crippen LogP contribution >= 0.6 is 0 Å². The van der Waals surface area contributed by atoms with Crippen molar-refractivity contribution >= 4 is 23.5 Å². The number of anilines is 1. The zero-order valence-electron chi connectivity index (χ0n) is 17.7. The monoisotopic (exact) mass is 433 g/mol. The van der Waals surface area contributed by atoms with Crippen molar-refractivity contribution in [3.63, 3.8) is 0 Å². The van der Waals surface area contributed by atoms with Gasteiger partial charge in [-0.1, -0.05) is 0 Å². The van der Waals surface area contributed by atoms with E-state index in [2.05, 4.69) is 5.32 Å². The number of benzene rings is 1. The number of rotatable bonds is 8. The van der Waals surface area contributed by atoms with E-state index in [-0.39, 0.29) is 49.4 Å². The fourth-order valence-corrected chi connectivity index (χ4v) is 3.40. The number of β-amino-alcohol motifs (C(OH)–C–C–N with tert-alkyl or cyclic N) is 1. The van der Waals surface area contributed by atoms with Crippen LogP contribution in [0, 0.1) is 6.92 Å². The first-order valence-electron chi connectivity index (χ1n) is 10.0. The third kappa shape index (κ3) is 5.33. The first kappa shape index (κ1) is 22.6. The van der Waals surface area contributed by atoms with Crippen LogP contribution in [0.3, 0.4) is 0 Å². The quantitative estimate of drug-likeness (QED) is 0.546. The molecule has 0 bridgehead atoms. The Kier molecular flexibility index (Phi) is 7.48. The van der Waals surface area contributed by atoms with E-state index in [1.165, 1.54) is 12.0 Å². The van der Waals surface area contributed by atoms with Gasteiger partial charge in [0.05, 0.1) is 39.0 Å². The Balaban J connectivity index is 1.68. The van der Waals surface area contributed by atoms with Crippen LogP contribution in [0.1, 0.15) is 5.56 Å². The lowest BCUT2D eigenvalue weighted by atomic mass is 10.1. The van der Waals surface area contributed by atoms with Crippen molar-refractivity contribution in [3.05, 3.63) is 35.0 Å². The molecule has 1 aromatic carbocycles. The van der Waals surface area contributed by atoms with Gasteiger partial charge in [0.15, 0.2) is 6.61 Å². The molecule has 3 rings (SSSR count). The molecule has 10 heteroatoms. The molecule has 0 spiro atoms. The lowest BCUT2D eigenvalue weighted by Gasteiger charge is -2.26. The number of nitrogens with zero attached hydrogens (tertiary/aromatic N) is 2. The van der Waals surface area contributed by atoms with Gasteiger partial charge in [-0.3, -0.25) is 9.59 Å². The third-order valence-corrected chi connectivity index (χ3v) is 5.14. The lowest BCUT2D eigenvalue weighted by molar-refractivity contribution is -0.137. The number of ether oxygens (including phenoxy) is 3. The highest BCUT2D eigenvalue weighted by Gasteiger charge is 2.34. The Morgan fingerprint density at radius 1 is 1.26 bits per heavy atom. The highest BCUT2D eigenvalue weighted by Crippen LogP contribution is 2.27. The van der Waals surface area contributed by atoms with E-state index < -0.39 is 5.97 Å². The molecule has 2 heterocycles. The second-order valence-corrected chi connectivity index (χ2v) is 7.18. The molecule has 2 N–H and O–H groups in total. The number of morpholine rings is 1. The van der Waals surface area contributed by atoms with E-state index in [1.807, 2.05) is 6.92 Å². The number of hydrogen-bond acceptors (Lipinski definition) is 8. The van der Waals surface area contributed by atoms with Crippen LogP contribution in [0.5, 0.6) is 5.75 Å². The van der Waals surface area contributed by atoms with Gasteiger partial charge in [-0.15, -0.1) is 0 Å². The first-order chi connectivity index (χ1) is 14.9. The Bertz CT molecular complexity index is 878. The summed E-state index contributed by atoms with van der Waals surface area (Å²) in [4.78, 5) is 40.1. The van der Waals surface area contributed by atoms with Gasteiger partial charge in [0.2, 0.25) is 0 Å². The standard InChI is InChI=1S/C21H27N3O7/c1-14-11-15(31-13-18(26)23-6-9-30-10-7-23)3-4-17(14)22-19-16(21(28)29-2)12-24(5-8-25)20(19)27/h3-4,11,22,25H,5-10,12-13H2,1-2H3. The van der Waals surface area contributed by atoms with Gasteiger partial charge >= 0.3 is 5.97 Å². The number of nitrogens with one attached hydrogen (secondary N) is 1. The molecule has 1 fully saturated rings. The average molecular weight is 433 g/mol. The third-order valence-electron chi connectivity index (χ3n) is 5.14. The highest BCUT2D eigenvalue weighted by molar-refractivity contribution is 6.08. The summed E-state index contributed by atoms with van der Waals surface area (Å²) in [7, 11) is 1.25.